The van der Waals surface area contributed by atoms with Gasteiger partial charge in [-0.2, -0.15) is 5.26 Å². The molecule has 0 unspecified atom stereocenters. The number of anilines is 2. The maximum absolute atomic E-state index is 9.40. The van der Waals surface area contributed by atoms with Crippen LogP contribution in [0.1, 0.15) is 32.2 Å². The molecule has 1 aromatic heterocycles. The van der Waals surface area contributed by atoms with E-state index in [9.17, 15) is 5.26 Å². The Balaban J connectivity index is 1.75. The Bertz CT molecular complexity index is 1390. The normalized spacial score (nSPS) is 14.3. The summed E-state index contributed by atoms with van der Waals surface area (Å²) in [5, 5.41) is 10.3. The lowest BCUT2D eigenvalue weighted by Gasteiger charge is -2.23. The fourth-order valence-electron chi connectivity index (χ4n) is 4.23. The molecular weight excluding hydrogens is 455 g/mol. The minimum atomic E-state index is 0.402. The van der Waals surface area contributed by atoms with Gasteiger partial charge in [0.05, 0.1) is 39.6 Å². The topological polar surface area (TPSA) is 52.5 Å². The molecule has 1 aliphatic heterocycles. The first-order valence-electron chi connectivity index (χ1n) is 10.7. The Labute approximate surface area is 203 Å². The summed E-state index contributed by atoms with van der Waals surface area (Å²) in [7, 11) is 0. The minimum Gasteiger partial charge on any atom is -0.326 e. The van der Waals surface area contributed by atoms with Crippen LogP contribution in [0.4, 0.5) is 17.1 Å². The van der Waals surface area contributed by atoms with Crippen molar-refractivity contribution in [2.45, 2.75) is 27.3 Å². The molecule has 0 aliphatic carbocycles. The summed E-state index contributed by atoms with van der Waals surface area (Å²) in [5.74, 6) is 1.80. The van der Waals surface area contributed by atoms with Gasteiger partial charge in [-0.15, -0.1) is 0 Å². The second-order valence-corrected chi connectivity index (χ2v) is 8.24. The van der Waals surface area contributed by atoms with Crippen molar-refractivity contribution in [3.05, 3.63) is 75.1 Å². The van der Waals surface area contributed by atoms with Crippen molar-refractivity contribution >= 4 is 57.4 Å². The van der Waals surface area contributed by atoms with E-state index in [0.29, 0.717) is 21.3 Å². The first kappa shape index (κ1) is 22.7. The highest BCUT2D eigenvalue weighted by atomic mass is 35.5. The van der Waals surface area contributed by atoms with E-state index in [1.807, 2.05) is 30.4 Å². The van der Waals surface area contributed by atoms with Gasteiger partial charge >= 0.3 is 0 Å². The van der Waals surface area contributed by atoms with Crippen molar-refractivity contribution in [1.82, 2.24) is 9.55 Å². The molecule has 2 aromatic carbocycles. The smallest absolute Gasteiger partial charge is 0.207 e. The van der Waals surface area contributed by atoms with Crippen LogP contribution in [0.15, 0.2) is 42.2 Å². The molecule has 0 fully saturated rings. The average Bonchev–Trinajstić information content (AvgIpc) is 3.30. The number of fused-ring (bicyclic) bond motifs is 2. The number of aryl methyl sites for hydroxylation is 1. The lowest BCUT2D eigenvalue weighted by molar-refractivity contribution is 0.777. The van der Waals surface area contributed by atoms with Crippen LogP contribution >= 0.6 is 23.2 Å². The number of benzene rings is 2. The highest BCUT2D eigenvalue weighted by Crippen LogP contribution is 2.44. The van der Waals surface area contributed by atoms with Crippen LogP contribution in [0, 0.1) is 17.9 Å². The molecule has 0 atom stereocenters. The van der Waals surface area contributed by atoms with Crippen molar-refractivity contribution in [3.8, 4) is 6.07 Å². The lowest BCUT2D eigenvalue weighted by atomic mass is 10.2. The molecule has 6 nitrogen and oxygen atoms in total. The Morgan fingerprint density at radius 2 is 1.73 bits per heavy atom. The number of rotatable bonds is 5. The van der Waals surface area contributed by atoms with Gasteiger partial charge in [-0.3, -0.25) is 0 Å². The number of halogens is 2. The summed E-state index contributed by atoms with van der Waals surface area (Å²) in [6, 6.07) is 9.42. The van der Waals surface area contributed by atoms with E-state index in [0.717, 1.165) is 53.7 Å². The van der Waals surface area contributed by atoms with E-state index in [1.165, 1.54) is 0 Å². The van der Waals surface area contributed by atoms with Crippen molar-refractivity contribution < 1.29 is 0 Å². The third kappa shape index (κ3) is 3.82. The molecule has 0 spiro atoms. The summed E-state index contributed by atoms with van der Waals surface area (Å²) < 4.78 is 2.07. The van der Waals surface area contributed by atoms with Crippen LogP contribution in [0.25, 0.3) is 22.0 Å². The van der Waals surface area contributed by atoms with Gasteiger partial charge in [0.25, 0.3) is 0 Å². The molecule has 0 N–H and O–H groups in total. The number of nitriles is 1. The Hall–Kier alpha value is -3.45. The first-order chi connectivity index (χ1) is 16.0. The highest BCUT2D eigenvalue weighted by Gasteiger charge is 2.30. The Kier molecular flexibility index (Phi) is 6.33. The zero-order chi connectivity index (χ0) is 23.7. The quantitative estimate of drug-likeness (QED) is 0.371. The molecule has 4 rings (SSSR count). The van der Waals surface area contributed by atoms with E-state index in [-0.39, 0.29) is 0 Å². The lowest BCUT2D eigenvalue weighted by Crippen LogP contribution is -2.27. The summed E-state index contributed by atoms with van der Waals surface area (Å²) in [4.78, 5) is 12.5. The highest BCUT2D eigenvalue weighted by molar-refractivity contribution is 6.34. The number of aromatic nitrogens is 2. The summed E-state index contributed by atoms with van der Waals surface area (Å²) in [6.45, 7) is 15.7. The monoisotopic (exact) mass is 476 g/mol. The van der Waals surface area contributed by atoms with E-state index in [1.54, 1.807) is 12.1 Å². The third-order valence-electron chi connectivity index (χ3n) is 5.73. The molecule has 8 heteroatoms. The minimum absolute atomic E-state index is 0.402. The molecule has 0 saturated carbocycles. The van der Waals surface area contributed by atoms with Crippen molar-refractivity contribution in [2.24, 2.45) is 0 Å². The molecule has 0 saturated heterocycles. The second-order valence-electron chi connectivity index (χ2n) is 7.42. The van der Waals surface area contributed by atoms with Crippen molar-refractivity contribution in [2.75, 3.05) is 22.9 Å². The fourth-order valence-corrected chi connectivity index (χ4v) is 4.63. The van der Waals surface area contributed by atoms with Gasteiger partial charge in [0.1, 0.15) is 17.7 Å². The average molecular weight is 477 g/mol. The number of hydrogen-bond donors (Lipinski definition) is 0. The van der Waals surface area contributed by atoms with Crippen molar-refractivity contribution in [1.29, 1.82) is 5.26 Å². The zero-order valence-electron chi connectivity index (χ0n) is 18.6. The number of hydrogen-bond acceptors (Lipinski definition) is 4. The van der Waals surface area contributed by atoms with E-state index in [4.69, 9.17) is 34.8 Å². The SMILES string of the molecule is [C-]#[N+]c1cc2nc(C=CC=C3N(CC)c4cc(Cl)c(C#N)cc4N3CC)n(CC)c2cc1Cl. The van der Waals surface area contributed by atoms with Gasteiger partial charge < -0.3 is 14.4 Å². The van der Waals surface area contributed by atoms with Crippen molar-refractivity contribution in [3.63, 3.8) is 0 Å². The molecule has 0 radical (unpaired) electrons. The van der Waals surface area contributed by atoms with E-state index >= 15 is 0 Å². The molecular formula is C25H22Cl2N6. The summed E-state index contributed by atoms with van der Waals surface area (Å²) in [5.41, 5.74) is 4.48. The molecule has 2 heterocycles. The third-order valence-corrected chi connectivity index (χ3v) is 6.34. The van der Waals surface area contributed by atoms with Crippen LogP contribution in [0.2, 0.25) is 10.0 Å². The molecule has 0 amide bonds. The van der Waals surface area contributed by atoms with E-state index < -0.39 is 0 Å². The second kappa shape index (κ2) is 9.19. The molecule has 3 aromatic rings. The summed E-state index contributed by atoms with van der Waals surface area (Å²) >= 11 is 12.6. The molecule has 0 bridgehead atoms. The van der Waals surface area contributed by atoms with Gasteiger partial charge in [0.2, 0.25) is 5.69 Å². The summed E-state index contributed by atoms with van der Waals surface area (Å²) in [6.07, 6.45) is 5.98. The van der Waals surface area contributed by atoms with Crippen LogP contribution in [0.3, 0.4) is 0 Å². The number of imidazole rings is 1. The maximum atomic E-state index is 9.40. The first-order valence-corrected chi connectivity index (χ1v) is 11.5. The number of nitrogens with zero attached hydrogens (tertiary/aromatic N) is 6. The largest absolute Gasteiger partial charge is 0.326 e. The van der Waals surface area contributed by atoms with E-state index in [2.05, 4.69) is 46.1 Å². The van der Waals surface area contributed by atoms with Gasteiger partial charge in [0.15, 0.2) is 0 Å². The molecule has 33 heavy (non-hydrogen) atoms. The van der Waals surface area contributed by atoms with Crippen LogP contribution in [0.5, 0.6) is 0 Å². The predicted molar refractivity (Wildman–Crippen MR) is 136 cm³/mol. The van der Waals surface area contributed by atoms with Gasteiger partial charge in [0, 0.05) is 24.7 Å². The number of allylic oxidation sites excluding steroid dienone is 2. The van der Waals surface area contributed by atoms with Crippen LogP contribution in [-0.4, -0.2) is 22.6 Å². The predicted octanol–water partition coefficient (Wildman–Crippen LogP) is 7.01. The molecule has 166 valence electrons. The van der Waals surface area contributed by atoms with Gasteiger partial charge in [-0.05, 0) is 57.2 Å². The maximum Gasteiger partial charge on any atom is 0.207 e. The fraction of sp³-hybridized carbons (Fsp3) is 0.240. The van der Waals surface area contributed by atoms with Crippen LogP contribution in [-0.2, 0) is 6.54 Å². The standard InChI is InChI=1S/C25H22Cl2N6/c1-5-31-21-13-18(27)19(29-4)14-20(21)30-24(31)9-8-10-25-32(6-2)22-11-16(15-28)17(26)12-23(22)33(25)7-3/h8-14H,5-7H2,1-3H3. The van der Waals surface area contributed by atoms with Crippen LogP contribution < -0.4 is 9.80 Å². The van der Waals surface area contributed by atoms with Gasteiger partial charge in [-0.1, -0.05) is 29.3 Å². The van der Waals surface area contributed by atoms with Gasteiger partial charge in [-0.25, -0.2) is 9.83 Å². The zero-order valence-corrected chi connectivity index (χ0v) is 20.1. The molecule has 1 aliphatic rings. The Morgan fingerprint density at radius 1 is 1.03 bits per heavy atom. The Morgan fingerprint density at radius 3 is 2.33 bits per heavy atom.